The summed E-state index contributed by atoms with van der Waals surface area (Å²) in [5.41, 5.74) is 1.12. The molecule has 3 rings (SSSR count). The third kappa shape index (κ3) is 5.59. The zero-order chi connectivity index (χ0) is 22.2. The maximum atomic E-state index is 12.8. The Hall–Kier alpha value is -3.88. The number of nitrogens with one attached hydrogen (secondary N) is 1. The van der Waals surface area contributed by atoms with Crippen molar-refractivity contribution in [3.8, 4) is 23.0 Å². The molecule has 162 valence electrons. The Bertz CT molecular complexity index is 1030. The number of amides is 1. The van der Waals surface area contributed by atoms with Crippen molar-refractivity contribution >= 4 is 11.6 Å². The molecular formula is C22H20F2N2O5. The largest absolute Gasteiger partial charge is 0.493 e. The summed E-state index contributed by atoms with van der Waals surface area (Å²) in [6, 6.07) is 12.7. The predicted octanol–water partition coefficient (Wildman–Crippen LogP) is 4.53. The van der Waals surface area contributed by atoms with Gasteiger partial charge in [0, 0.05) is 29.7 Å². The second kappa shape index (κ2) is 10.2. The summed E-state index contributed by atoms with van der Waals surface area (Å²) >= 11 is 0. The Morgan fingerprint density at radius 2 is 1.84 bits per heavy atom. The van der Waals surface area contributed by atoms with E-state index in [4.69, 9.17) is 14.2 Å². The number of carbonyl (C=O) groups excluding carboxylic acids is 1. The number of hydrogen-bond acceptors (Lipinski definition) is 6. The van der Waals surface area contributed by atoms with Crippen molar-refractivity contribution in [2.24, 2.45) is 0 Å². The van der Waals surface area contributed by atoms with Gasteiger partial charge >= 0.3 is 6.61 Å². The van der Waals surface area contributed by atoms with Gasteiger partial charge in [-0.05, 0) is 30.3 Å². The average Bonchev–Trinajstić information content (AvgIpc) is 2.78. The highest BCUT2D eigenvalue weighted by Crippen LogP contribution is 2.34. The molecule has 0 saturated heterocycles. The number of hydrogen-bond donors (Lipinski definition) is 1. The molecule has 0 aliphatic rings. The number of para-hydroxylation sites is 1. The SMILES string of the molecule is COc1ccc(NC(=O)c2cccc(OC)c2OC(F)F)cc1OCc1cccnc1. The van der Waals surface area contributed by atoms with E-state index in [2.05, 4.69) is 15.0 Å². The minimum atomic E-state index is -3.11. The first kappa shape index (κ1) is 21.8. The molecule has 1 aromatic heterocycles. The van der Waals surface area contributed by atoms with Crippen molar-refractivity contribution in [1.82, 2.24) is 4.98 Å². The number of rotatable bonds is 9. The van der Waals surface area contributed by atoms with E-state index in [1.54, 1.807) is 36.7 Å². The minimum Gasteiger partial charge on any atom is -0.493 e. The zero-order valence-electron chi connectivity index (χ0n) is 16.8. The lowest BCUT2D eigenvalue weighted by molar-refractivity contribution is -0.0515. The fraction of sp³-hybridized carbons (Fsp3) is 0.182. The second-order valence-corrected chi connectivity index (χ2v) is 6.19. The molecule has 3 aromatic rings. The van der Waals surface area contributed by atoms with Gasteiger partial charge in [-0.3, -0.25) is 9.78 Å². The van der Waals surface area contributed by atoms with Gasteiger partial charge in [-0.2, -0.15) is 8.78 Å². The quantitative estimate of drug-likeness (QED) is 0.537. The van der Waals surface area contributed by atoms with Crippen molar-refractivity contribution in [3.05, 3.63) is 72.1 Å². The molecule has 0 saturated carbocycles. The number of benzene rings is 2. The number of halogens is 2. The van der Waals surface area contributed by atoms with Gasteiger partial charge in [0.2, 0.25) is 0 Å². The number of carbonyl (C=O) groups is 1. The van der Waals surface area contributed by atoms with Crippen LogP contribution in [0.3, 0.4) is 0 Å². The van der Waals surface area contributed by atoms with Crippen LogP contribution in [-0.4, -0.2) is 31.7 Å². The maximum absolute atomic E-state index is 12.8. The third-order valence-corrected chi connectivity index (χ3v) is 4.19. The van der Waals surface area contributed by atoms with Crippen LogP contribution in [0, 0.1) is 0 Å². The molecule has 7 nitrogen and oxygen atoms in total. The summed E-state index contributed by atoms with van der Waals surface area (Å²) in [5.74, 6) is -0.135. The highest BCUT2D eigenvalue weighted by Gasteiger charge is 2.21. The topological polar surface area (TPSA) is 78.9 Å². The van der Waals surface area contributed by atoms with Crippen molar-refractivity contribution in [2.75, 3.05) is 19.5 Å². The van der Waals surface area contributed by atoms with Crippen LogP contribution in [0.25, 0.3) is 0 Å². The van der Waals surface area contributed by atoms with Gasteiger partial charge in [-0.15, -0.1) is 0 Å². The van der Waals surface area contributed by atoms with E-state index in [1.165, 1.54) is 32.4 Å². The Kier molecular flexibility index (Phi) is 7.21. The van der Waals surface area contributed by atoms with Crippen molar-refractivity contribution in [3.63, 3.8) is 0 Å². The minimum absolute atomic E-state index is 0.0168. The highest BCUT2D eigenvalue weighted by molar-refractivity contribution is 6.06. The molecule has 0 aliphatic carbocycles. The molecule has 1 amide bonds. The number of alkyl halides is 2. The number of pyridine rings is 1. The van der Waals surface area contributed by atoms with Gasteiger partial charge in [0.15, 0.2) is 23.0 Å². The van der Waals surface area contributed by atoms with Crippen LogP contribution in [0.1, 0.15) is 15.9 Å². The fourth-order valence-corrected chi connectivity index (χ4v) is 2.78. The normalized spacial score (nSPS) is 10.5. The molecule has 0 bridgehead atoms. The van der Waals surface area contributed by atoms with E-state index in [1.807, 2.05) is 6.07 Å². The van der Waals surface area contributed by atoms with Crippen LogP contribution in [0.15, 0.2) is 60.9 Å². The van der Waals surface area contributed by atoms with Gasteiger partial charge in [0.25, 0.3) is 5.91 Å². The first-order valence-electron chi connectivity index (χ1n) is 9.14. The zero-order valence-corrected chi connectivity index (χ0v) is 16.8. The molecule has 1 N–H and O–H groups in total. The number of methoxy groups -OCH3 is 2. The lowest BCUT2D eigenvalue weighted by Crippen LogP contribution is -2.15. The molecule has 0 radical (unpaired) electrons. The van der Waals surface area contributed by atoms with E-state index in [-0.39, 0.29) is 23.7 Å². The van der Waals surface area contributed by atoms with Crippen molar-refractivity contribution in [2.45, 2.75) is 13.2 Å². The second-order valence-electron chi connectivity index (χ2n) is 6.19. The molecule has 2 aromatic carbocycles. The summed E-state index contributed by atoms with van der Waals surface area (Å²) in [4.78, 5) is 16.8. The molecule has 0 spiro atoms. The van der Waals surface area contributed by atoms with Crippen molar-refractivity contribution in [1.29, 1.82) is 0 Å². The summed E-state index contributed by atoms with van der Waals surface area (Å²) in [6.45, 7) is -2.87. The number of anilines is 1. The molecular weight excluding hydrogens is 410 g/mol. The highest BCUT2D eigenvalue weighted by atomic mass is 19.3. The summed E-state index contributed by atoms with van der Waals surface area (Å²) in [5, 5.41) is 2.65. The Labute approximate surface area is 177 Å². The lowest BCUT2D eigenvalue weighted by Gasteiger charge is -2.15. The van der Waals surface area contributed by atoms with Gasteiger partial charge in [-0.25, -0.2) is 0 Å². The van der Waals surface area contributed by atoms with Crippen molar-refractivity contribution < 1.29 is 32.5 Å². The molecule has 0 fully saturated rings. The standard InChI is InChI=1S/C22H20F2N2O5/c1-28-17-9-8-15(11-19(17)30-13-14-5-4-10-25-12-14)26-21(27)16-6-3-7-18(29-2)20(16)31-22(23)24/h3-12,22H,13H2,1-2H3,(H,26,27). The first-order chi connectivity index (χ1) is 15.0. The number of aromatic nitrogens is 1. The molecule has 0 aliphatic heterocycles. The van der Waals surface area contributed by atoms with Crippen LogP contribution in [0.5, 0.6) is 23.0 Å². The van der Waals surface area contributed by atoms with Crippen LogP contribution in [-0.2, 0) is 6.61 Å². The summed E-state index contributed by atoms with van der Waals surface area (Å²) in [7, 11) is 2.79. The summed E-state index contributed by atoms with van der Waals surface area (Å²) in [6.07, 6.45) is 3.33. The Balaban J connectivity index is 1.82. The van der Waals surface area contributed by atoms with Crippen LogP contribution >= 0.6 is 0 Å². The van der Waals surface area contributed by atoms with E-state index in [9.17, 15) is 13.6 Å². The lowest BCUT2D eigenvalue weighted by atomic mass is 10.1. The number of ether oxygens (including phenoxy) is 4. The molecule has 1 heterocycles. The van der Waals surface area contributed by atoms with E-state index in [0.29, 0.717) is 17.2 Å². The monoisotopic (exact) mass is 430 g/mol. The molecule has 0 unspecified atom stereocenters. The smallest absolute Gasteiger partial charge is 0.387 e. The van der Waals surface area contributed by atoms with Gasteiger partial charge in [0.05, 0.1) is 19.8 Å². The van der Waals surface area contributed by atoms with Gasteiger partial charge < -0.3 is 24.3 Å². The van der Waals surface area contributed by atoms with Gasteiger partial charge in [-0.1, -0.05) is 12.1 Å². The fourth-order valence-electron chi connectivity index (χ4n) is 2.78. The van der Waals surface area contributed by atoms with Gasteiger partial charge in [0.1, 0.15) is 6.61 Å². The molecule has 0 atom stereocenters. The van der Waals surface area contributed by atoms with Crippen LogP contribution in [0.2, 0.25) is 0 Å². The van der Waals surface area contributed by atoms with E-state index in [0.717, 1.165) is 5.56 Å². The van der Waals surface area contributed by atoms with E-state index >= 15 is 0 Å². The van der Waals surface area contributed by atoms with Crippen LogP contribution < -0.4 is 24.3 Å². The maximum Gasteiger partial charge on any atom is 0.387 e. The first-order valence-corrected chi connectivity index (χ1v) is 9.14. The number of nitrogens with zero attached hydrogens (tertiary/aromatic N) is 1. The third-order valence-electron chi connectivity index (χ3n) is 4.19. The molecule has 31 heavy (non-hydrogen) atoms. The van der Waals surface area contributed by atoms with E-state index < -0.39 is 12.5 Å². The Morgan fingerprint density at radius 1 is 1.03 bits per heavy atom. The predicted molar refractivity (Wildman–Crippen MR) is 109 cm³/mol. The summed E-state index contributed by atoms with van der Waals surface area (Å²) < 4.78 is 46.3. The van der Waals surface area contributed by atoms with Crippen LogP contribution in [0.4, 0.5) is 14.5 Å². The molecule has 9 heteroatoms. The Morgan fingerprint density at radius 3 is 2.52 bits per heavy atom. The average molecular weight is 430 g/mol.